The van der Waals surface area contributed by atoms with Crippen molar-refractivity contribution in [2.75, 3.05) is 6.54 Å². The van der Waals surface area contributed by atoms with Gasteiger partial charge < -0.3 is 5.32 Å². The minimum atomic E-state index is 0.373. The first-order valence-electron chi connectivity index (χ1n) is 6.09. The maximum absolute atomic E-state index is 3.75. The molecule has 2 rings (SSSR count). The molecule has 1 atom stereocenters. The quantitative estimate of drug-likeness (QED) is 0.878. The molecule has 1 aromatic heterocycles. The van der Waals surface area contributed by atoms with Crippen LogP contribution >= 0.6 is 27.3 Å². The van der Waals surface area contributed by atoms with Gasteiger partial charge in [-0.15, -0.1) is 11.3 Å². The van der Waals surface area contributed by atoms with Gasteiger partial charge in [0.25, 0.3) is 0 Å². The molecule has 0 saturated carbocycles. The molecular weight excluding hydrogens is 282 g/mol. The van der Waals surface area contributed by atoms with Crippen LogP contribution in [-0.2, 0) is 6.42 Å². The average Bonchev–Trinajstić information content (AvgIpc) is 2.76. The van der Waals surface area contributed by atoms with Crippen LogP contribution in [0.5, 0.6) is 0 Å². The molecular formula is C13H20BrNS. The third-order valence-electron chi connectivity index (χ3n) is 3.27. The topological polar surface area (TPSA) is 12.0 Å². The fourth-order valence-electron chi connectivity index (χ4n) is 2.83. The molecule has 1 N–H and O–H groups in total. The summed E-state index contributed by atoms with van der Waals surface area (Å²) < 4.78 is 1.25. The molecule has 1 aliphatic rings. The zero-order valence-corrected chi connectivity index (χ0v) is 12.5. The van der Waals surface area contributed by atoms with Gasteiger partial charge in [-0.1, -0.05) is 13.8 Å². The van der Waals surface area contributed by atoms with Gasteiger partial charge in [0.1, 0.15) is 0 Å². The predicted molar refractivity (Wildman–Crippen MR) is 75.1 cm³/mol. The van der Waals surface area contributed by atoms with Gasteiger partial charge in [-0.2, -0.15) is 0 Å². The Bertz CT molecular complexity index is 339. The van der Waals surface area contributed by atoms with Crippen molar-refractivity contribution in [1.82, 2.24) is 5.32 Å². The number of nitrogens with one attached hydrogen (secondary N) is 1. The number of rotatable bonds is 4. The van der Waals surface area contributed by atoms with E-state index in [9.17, 15) is 0 Å². The van der Waals surface area contributed by atoms with Gasteiger partial charge in [-0.05, 0) is 59.8 Å². The monoisotopic (exact) mass is 301 g/mol. The Morgan fingerprint density at radius 2 is 2.31 bits per heavy atom. The van der Waals surface area contributed by atoms with Crippen LogP contribution in [0.2, 0.25) is 0 Å². The van der Waals surface area contributed by atoms with Gasteiger partial charge in [0.15, 0.2) is 0 Å². The van der Waals surface area contributed by atoms with E-state index in [4.69, 9.17) is 0 Å². The maximum Gasteiger partial charge on any atom is 0.0701 e. The summed E-state index contributed by atoms with van der Waals surface area (Å²) in [5.41, 5.74) is 0.373. The van der Waals surface area contributed by atoms with E-state index in [0.29, 0.717) is 5.54 Å². The molecule has 1 aliphatic heterocycles. The zero-order valence-electron chi connectivity index (χ0n) is 10.1. The Kier molecular flexibility index (Phi) is 4.09. The molecule has 1 aromatic rings. The van der Waals surface area contributed by atoms with Crippen molar-refractivity contribution in [3.63, 3.8) is 0 Å². The first-order valence-corrected chi connectivity index (χ1v) is 7.70. The van der Waals surface area contributed by atoms with E-state index in [1.807, 2.05) is 11.3 Å². The lowest BCUT2D eigenvalue weighted by molar-refractivity contribution is 0.303. The van der Waals surface area contributed by atoms with E-state index < -0.39 is 0 Å². The maximum atomic E-state index is 3.75. The van der Waals surface area contributed by atoms with Crippen molar-refractivity contribution >= 4 is 27.3 Å². The normalized spacial score (nSPS) is 25.5. The smallest absolute Gasteiger partial charge is 0.0701 e. The van der Waals surface area contributed by atoms with Crippen molar-refractivity contribution in [2.45, 2.75) is 45.1 Å². The van der Waals surface area contributed by atoms with Crippen LogP contribution in [0.1, 0.15) is 38.0 Å². The van der Waals surface area contributed by atoms with Gasteiger partial charge in [0, 0.05) is 16.8 Å². The van der Waals surface area contributed by atoms with Crippen LogP contribution in [0.25, 0.3) is 0 Å². The largest absolute Gasteiger partial charge is 0.311 e. The van der Waals surface area contributed by atoms with E-state index >= 15 is 0 Å². The van der Waals surface area contributed by atoms with Crippen molar-refractivity contribution in [3.05, 3.63) is 20.8 Å². The second kappa shape index (κ2) is 5.19. The van der Waals surface area contributed by atoms with E-state index in [-0.39, 0.29) is 0 Å². The van der Waals surface area contributed by atoms with Gasteiger partial charge in [-0.25, -0.2) is 0 Å². The molecule has 2 heterocycles. The second-order valence-corrected chi connectivity index (χ2v) is 7.84. The summed E-state index contributed by atoms with van der Waals surface area (Å²) in [6, 6.07) is 4.43. The summed E-state index contributed by atoms with van der Waals surface area (Å²) in [6.07, 6.45) is 5.16. The highest BCUT2D eigenvalue weighted by Crippen LogP contribution is 2.33. The number of hydrogen-bond donors (Lipinski definition) is 1. The number of thiophene rings is 1. The van der Waals surface area contributed by atoms with Crippen LogP contribution < -0.4 is 5.32 Å². The summed E-state index contributed by atoms with van der Waals surface area (Å²) in [5, 5.41) is 3.75. The lowest BCUT2D eigenvalue weighted by Gasteiger charge is -2.31. The Morgan fingerprint density at radius 3 is 2.81 bits per heavy atom. The number of hydrogen-bond acceptors (Lipinski definition) is 2. The standard InChI is InChI=1S/C13H20BrNS/c1-10(2)8-13(6-3-7-15-13)9-11-4-5-12(14)16-11/h4-5,10,15H,3,6-9H2,1-2H3. The summed E-state index contributed by atoms with van der Waals surface area (Å²) in [5.74, 6) is 0.772. The molecule has 0 bridgehead atoms. The highest BCUT2D eigenvalue weighted by atomic mass is 79.9. The Morgan fingerprint density at radius 1 is 1.50 bits per heavy atom. The van der Waals surface area contributed by atoms with Crippen LogP contribution in [0.15, 0.2) is 15.9 Å². The van der Waals surface area contributed by atoms with E-state index in [1.54, 1.807) is 0 Å². The third-order valence-corrected chi connectivity index (χ3v) is 4.90. The van der Waals surface area contributed by atoms with E-state index in [1.165, 1.54) is 40.9 Å². The van der Waals surface area contributed by atoms with Crippen molar-refractivity contribution in [2.24, 2.45) is 5.92 Å². The lowest BCUT2D eigenvalue weighted by Crippen LogP contribution is -2.42. The summed E-state index contributed by atoms with van der Waals surface area (Å²) in [4.78, 5) is 1.50. The molecule has 0 radical (unpaired) electrons. The van der Waals surface area contributed by atoms with E-state index in [0.717, 1.165) is 5.92 Å². The summed E-state index contributed by atoms with van der Waals surface area (Å²) in [6.45, 7) is 5.84. The molecule has 0 aromatic carbocycles. The first kappa shape index (κ1) is 12.6. The van der Waals surface area contributed by atoms with Crippen molar-refractivity contribution in [3.8, 4) is 0 Å². The zero-order chi connectivity index (χ0) is 11.6. The molecule has 1 nitrogen and oxygen atoms in total. The summed E-state index contributed by atoms with van der Waals surface area (Å²) >= 11 is 5.42. The third kappa shape index (κ3) is 3.08. The van der Waals surface area contributed by atoms with Gasteiger partial charge in [-0.3, -0.25) is 0 Å². The highest BCUT2D eigenvalue weighted by molar-refractivity contribution is 9.11. The minimum Gasteiger partial charge on any atom is -0.311 e. The second-order valence-electron chi connectivity index (χ2n) is 5.29. The SMILES string of the molecule is CC(C)CC1(Cc2ccc(Br)s2)CCCN1. The average molecular weight is 302 g/mol. The van der Waals surface area contributed by atoms with Crippen LogP contribution in [-0.4, -0.2) is 12.1 Å². The molecule has 1 unspecified atom stereocenters. The molecule has 1 saturated heterocycles. The molecule has 90 valence electrons. The van der Waals surface area contributed by atoms with Crippen molar-refractivity contribution in [1.29, 1.82) is 0 Å². The highest BCUT2D eigenvalue weighted by Gasteiger charge is 2.34. The fourth-order valence-corrected chi connectivity index (χ4v) is 4.45. The molecule has 3 heteroatoms. The van der Waals surface area contributed by atoms with Gasteiger partial charge in [0.05, 0.1) is 3.79 Å². The van der Waals surface area contributed by atoms with Crippen LogP contribution in [0, 0.1) is 5.92 Å². The van der Waals surface area contributed by atoms with E-state index in [2.05, 4.69) is 47.2 Å². The summed E-state index contributed by atoms with van der Waals surface area (Å²) in [7, 11) is 0. The Balaban J connectivity index is 2.08. The number of halogens is 1. The molecule has 0 amide bonds. The predicted octanol–water partition coefficient (Wildman–Crippen LogP) is 4.22. The van der Waals surface area contributed by atoms with Gasteiger partial charge in [0.2, 0.25) is 0 Å². The molecule has 0 aliphatic carbocycles. The fraction of sp³-hybridized carbons (Fsp3) is 0.692. The van der Waals surface area contributed by atoms with Crippen LogP contribution in [0.3, 0.4) is 0 Å². The molecule has 16 heavy (non-hydrogen) atoms. The molecule has 1 fully saturated rings. The lowest BCUT2D eigenvalue weighted by atomic mass is 9.84. The first-order chi connectivity index (χ1) is 7.60. The Hall–Kier alpha value is 0.140. The minimum absolute atomic E-state index is 0.373. The Labute approximate surface area is 111 Å². The van der Waals surface area contributed by atoms with Crippen molar-refractivity contribution < 1.29 is 0 Å². The molecule has 0 spiro atoms. The van der Waals surface area contributed by atoms with Gasteiger partial charge >= 0.3 is 0 Å². The van der Waals surface area contributed by atoms with Crippen LogP contribution in [0.4, 0.5) is 0 Å².